The fourth-order valence-electron chi connectivity index (χ4n) is 1.10. The molecule has 0 radical (unpaired) electrons. The summed E-state index contributed by atoms with van der Waals surface area (Å²) in [6.07, 6.45) is 1.19. The maximum Gasteiger partial charge on any atom is 0.323 e. The van der Waals surface area contributed by atoms with Crippen LogP contribution in [0.2, 0.25) is 0 Å². The van der Waals surface area contributed by atoms with Crippen molar-refractivity contribution < 1.29 is 9.53 Å². The molecule has 0 aromatic rings. The molecule has 0 heterocycles. The summed E-state index contributed by atoms with van der Waals surface area (Å²) in [7, 11) is 1.44. The maximum atomic E-state index is 11.3. The summed E-state index contributed by atoms with van der Waals surface area (Å²) in [5.41, 5.74) is 0. The normalized spacial score (nSPS) is 14.7. The predicted molar refractivity (Wildman–Crippen MR) is 66.3 cm³/mol. The summed E-state index contributed by atoms with van der Waals surface area (Å²) in [5, 5.41) is 3.13. The topological polar surface area (TPSA) is 38.3 Å². The second-order valence-corrected chi connectivity index (χ2v) is 4.76. The molecule has 2 atom stereocenters. The van der Waals surface area contributed by atoms with Crippen molar-refractivity contribution in [2.24, 2.45) is 5.92 Å². The number of rotatable bonds is 8. The Morgan fingerprint density at radius 1 is 1.40 bits per heavy atom. The van der Waals surface area contributed by atoms with E-state index in [1.165, 1.54) is 13.5 Å². The lowest BCUT2D eigenvalue weighted by Gasteiger charge is -2.16. The van der Waals surface area contributed by atoms with E-state index in [2.05, 4.69) is 19.2 Å². The Balaban J connectivity index is 3.80. The zero-order valence-corrected chi connectivity index (χ0v) is 11.0. The molecule has 0 aliphatic rings. The van der Waals surface area contributed by atoms with Crippen LogP contribution in [-0.2, 0) is 9.53 Å². The Labute approximate surface area is 97.3 Å². The van der Waals surface area contributed by atoms with Crippen molar-refractivity contribution in [1.29, 1.82) is 0 Å². The number of carbonyl (C=O) groups excluding carboxylic acids is 1. The van der Waals surface area contributed by atoms with Gasteiger partial charge in [0.15, 0.2) is 0 Å². The lowest BCUT2D eigenvalue weighted by atomic mass is 10.2. The number of thioether (sulfide) groups is 1. The van der Waals surface area contributed by atoms with Crippen LogP contribution in [0.25, 0.3) is 0 Å². The number of ether oxygens (including phenoxy) is 1. The van der Waals surface area contributed by atoms with Crippen LogP contribution in [0.3, 0.4) is 0 Å². The molecule has 0 saturated carbocycles. The van der Waals surface area contributed by atoms with Gasteiger partial charge in [-0.15, -0.1) is 0 Å². The van der Waals surface area contributed by atoms with Crippen molar-refractivity contribution in [3.8, 4) is 0 Å². The third-order valence-electron chi connectivity index (χ3n) is 2.32. The van der Waals surface area contributed by atoms with Crippen molar-refractivity contribution in [1.82, 2.24) is 5.32 Å². The van der Waals surface area contributed by atoms with Crippen molar-refractivity contribution in [2.75, 3.05) is 25.2 Å². The van der Waals surface area contributed by atoms with Gasteiger partial charge in [0.25, 0.3) is 0 Å². The van der Waals surface area contributed by atoms with Gasteiger partial charge in [0.05, 0.1) is 7.11 Å². The molecule has 0 amide bonds. The second-order valence-electron chi connectivity index (χ2n) is 3.68. The number of carbonyl (C=O) groups is 1. The SMILES string of the molecule is CCNC(CSCC(C)CC)C(=O)OC. The Bertz CT molecular complexity index is 176. The van der Waals surface area contributed by atoms with E-state index in [0.29, 0.717) is 0 Å². The van der Waals surface area contributed by atoms with E-state index in [9.17, 15) is 4.79 Å². The van der Waals surface area contributed by atoms with Crippen LogP contribution in [-0.4, -0.2) is 37.2 Å². The van der Waals surface area contributed by atoms with E-state index < -0.39 is 0 Å². The van der Waals surface area contributed by atoms with E-state index in [1.54, 1.807) is 0 Å². The first kappa shape index (κ1) is 14.8. The molecule has 0 bridgehead atoms. The van der Waals surface area contributed by atoms with Gasteiger partial charge in [-0.3, -0.25) is 4.79 Å². The van der Waals surface area contributed by atoms with Crippen molar-refractivity contribution in [2.45, 2.75) is 33.2 Å². The molecule has 0 rings (SSSR count). The highest BCUT2D eigenvalue weighted by Crippen LogP contribution is 2.12. The molecule has 0 aliphatic carbocycles. The highest BCUT2D eigenvalue weighted by atomic mass is 32.2. The van der Waals surface area contributed by atoms with E-state index in [-0.39, 0.29) is 12.0 Å². The van der Waals surface area contributed by atoms with E-state index in [1.807, 2.05) is 18.7 Å². The lowest BCUT2D eigenvalue weighted by molar-refractivity contribution is -0.142. The molecule has 4 heteroatoms. The molecule has 0 aromatic carbocycles. The van der Waals surface area contributed by atoms with Gasteiger partial charge in [0, 0.05) is 5.75 Å². The molecule has 90 valence electrons. The van der Waals surface area contributed by atoms with Crippen LogP contribution in [0, 0.1) is 5.92 Å². The highest BCUT2D eigenvalue weighted by molar-refractivity contribution is 7.99. The number of likely N-dealkylation sites (N-methyl/N-ethyl adjacent to an activating group) is 1. The van der Waals surface area contributed by atoms with E-state index in [4.69, 9.17) is 4.74 Å². The summed E-state index contributed by atoms with van der Waals surface area (Å²) in [5.74, 6) is 2.46. The first-order valence-corrected chi connectivity index (χ1v) is 6.70. The molecule has 15 heavy (non-hydrogen) atoms. The minimum absolute atomic E-state index is 0.158. The largest absolute Gasteiger partial charge is 0.468 e. The van der Waals surface area contributed by atoms with Gasteiger partial charge in [-0.05, 0) is 18.2 Å². The molecule has 2 unspecified atom stereocenters. The first-order valence-electron chi connectivity index (χ1n) is 5.54. The predicted octanol–water partition coefficient (Wildman–Crippen LogP) is 1.92. The summed E-state index contributed by atoms with van der Waals surface area (Å²) in [6.45, 7) is 7.21. The molecule has 0 fully saturated rings. The van der Waals surface area contributed by atoms with Gasteiger partial charge in [-0.2, -0.15) is 11.8 Å². The first-order chi connectivity index (χ1) is 7.15. The zero-order chi connectivity index (χ0) is 11.7. The Kier molecular flexibility index (Phi) is 8.91. The van der Waals surface area contributed by atoms with Crippen LogP contribution in [0.15, 0.2) is 0 Å². The van der Waals surface area contributed by atoms with Crippen LogP contribution in [0.1, 0.15) is 27.2 Å². The summed E-state index contributed by atoms with van der Waals surface area (Å²) in [6, 6.07) is -0.158. The quantitative estimate of drug-likeness (QED) is 0.650. The van der Waals surface area contributed by atoms with Crippen molar-refractivity contribution in [3.63, 3.8) is 0 Å². The van der Waals surface area contributed by atoms with Crippen LogP contribution in [0.4, 0.5) is 0 Å². The summed E-state index contributed by atoms with van der Waals surface area (Å²) >= 11 is 1.81. The van der Waals surface area contributed by atoms with Gasteiger partial charge in [-0.25, -0.2) is 0 Å². The summed E-state index contributed by atoms with van der Waals surface area (Å²) < 4.78 is 4.73. The number of methoxy groups -OCH3 is 1. The van der Waals surface area contributed by atoms with E-state index in [0.717, 1.165) is 24.0 Å². The molecular weight excluding hydrogens is 210 g/mol. The minimum Gasteiger partial charge on any atom is -0.468 e. The average Bonchev–Trinajstić information content (AvgIpc) is 2.26. The van der Waals surface area contributed by atoms with Gasteiger partial charge >= 0.3 is 5.97 Å². The molecule has 1 N–H and O–H groups in total. The average molecular weight is 233 g/mol. The van der Waals surface area contributed by atoms with Crippen LogP contribution >= 0.6 is 11.8 Å². The molecule has 0 spiro atoms. The maximum absolute atomic E-state index is 11.3. The smallest absolute Gasteiger partial charge is 0.323 e. The number of esters is 1. The fourth-order valence-corrected chi connectivity index (χ4v) is 2.37. The molecule has 0 aliphatic heterocycles. The Morgan fingerprint density at radius 2 is 2.07 bits per heavy atom. The lowest BCUT2D eigenvalue weighted by Crippen LogP contribution is -2.39. The zero-order valence-electron chi connectivity index (χ0n) is 10.2. The van der Waals surface area contributed by atoms with Crippen molar-refractivity contribution >= 4 is 17.7 Å². The third-order valence-corrected chi connectivity index (χ3v) is 3.69. The molecule has 0 aromatic heterocycles. The minimum atomic E-state index is -0.159. The third kappa shape index (κ3) is 6.79. The number of hydrogen-bond donors (Lipinski definition) is 1. The van der Waals surface area contributed by atoms with E-state index >= 15 is 0 Å². The number of nitrogens with one attached hydrogen (secondary N) is 1. The van der Waals surface area contributed by atoms with Gasteiger partial charge in [-0.1, -0.05) is 27.2 Å². The van der Waals surface area contributed by atoms with Crippen molar-refractivity contribution in [3.05, 3.63) is 0 Å². The van der Waals surface area contributed by atoms with Gasteiger partial charge < -0.3 is 10.1 Å². The monoisotopic (exact) mass is 233 g/mol. The Hall–Kier alpha value is -0.220. The number of hydrogen-bond acceptors (Lipinski definition) is 4. The summed E-state index contributed by atoms with van der Waals surface area (Å²) in [4.78, 5) is 11.3. The van der Waals surface area contributed by atoms with Crippen LogP contribution in [0.5, 0.6) is 0 Å². The standard InChI is InChI=1S/C11H23NO2S/c1-5-9(3)7-15-8-10(12-6-2)11(13)14-4/h9-10,12H,5-8H2,1-4H3. The molecular formula is C11H23NO2S. The van der Waals surface area contributed by atoms with Gasteiger partial charge in [0.1, 0.15) is 6.04 Å². The second kappa shape index (κ2) is 9.04. The van der Waals surface area contributed by atoms with Crippen LogP contribution < -0.4 is 5.32 Å². The molecule has 0 saturated heterocycles. The van der Waals surface area contributed by atoms with Gasteiger partial charge in [0.2, 0.25) is 0 Å². The molecule has 3 nitrogen and oxygen atoms in total. The Morgan fingerprint density at radius 3 is 2.53 bits per heavy atom. The highest BCUT2D eigenvalue weighted by Gasteiger charge is 2.17. The fraction of sp³-hybridized carbons (Fsp3) is 0.909.